The number of carbonyl (C=O) groups is 3. The van der Waals surface area contributed by atoms with Crippen LogP contribution in [0.4, 0.5) is 0 Å². The highest BCUT2D eigenvalue weighted by molar-refractivity contribution is 5.71. The Labute approximate surface area is 486 Å². The van der Waals surface area contributed by atoms with Crippen LogP contribution in [0.5, 0.6) is 0 Å². The van der Waals surface area contributed by atoms with Gasteiger partial charge in [0.15, 0.2) is 6.10 Å². The third-order valence-electron chi connectivity index (χ3n) is 13.0. The maximum Gasteiger partial charge on any atom is 0.306 e. The van der Waals surface area contributed by atoms with E-state index in [1.54, 1.807) is 0 Å². The fourth-order valence-electron chi connectivity index (χ4n) is 8.28. The molecule has 1 unspecified atom stereocenters. The van der Waals surface area contributed by atoms with Crippen molar-refractivity contribution in [3.8, 4) is 0 Å². The molecule has 0 bridgehead atoms. The first-order valence-electron chi connectivity index (χ1n) is 32.0. The van der Waals surface area contributed by atoms with Gasteiger partial charge in [0, 0.05) is 19.3 Å². The van der Waals surface area contributed by atoms with Crippen LogP contribution >= 0.6 is 0 Å². The van der Waals surface area contributed by atoms with E-state index in [0.29, 0.717) is 19.3 Å². The molecule has 0 radical (unpaired) electrons. The van der Waals surface area contributed by atoms with Crippen LogP contribution in [0.1, 0.15) is 265 Å². The lowest BCUT2D eigenvalue weighted by Crippen LogP contribution is -2.30. The van der Waals surface area contributed by atoms with E-state index in [-0.39, 0.29) is 44.0 Å². The third-order valence-corrected chi connectivity index (χ3v) is 13.0. The molecule has 0 amide bonds. The molecule has 0 fully saturated rings. The molecule has 0 saturated heterocycles. The van der Waals surface area contributed by atoms with Gasteiger partial charge in [-0.2, -0.15) is 0 Å². The predicted octanol–water partition coefficient (Wildman–Crippen LogP) is 22.1. The van der Waals surface area contributed by atoms with Crippen molar-refractivity contribution in [3.63, 3.8) is 0 Å². The van der Waals surface area contributed by atoms with Gasteiger partial charge in [0.2, 0.25) is 0 Å². The average Bonchev–Trinajstić information content (AvgIpc) is 3.45. The highest BCUT2D eigenvalue weighted by atomic mass is 16.6. The number of hydrogen-bond acceptors (Lipinski definition) is 6. The maximum atomic E-state index is 12.9. The van der Waals surface area contributed by atoms with Gasteiger partial charge in [-0.1, -0.05) is 262 Å². The topological polar surface area (TPSA) is 78.9 Å². The molecule has 0 aromatic rings. The van der Waals surface area contributed by atoms with E-state index in [9.17, 15) is 14.4 Å². The minimum Gasteiger partial charge on any atom is -0.462 e. The Hall–Kier alpha value is -4.97. The monoisotopic (exact) mass is 1090 g/mol. The van der Waals surface area contributed by atoms with E-state index in [1.165, 1.54) is 96.3 Å². The molecule has 1 atom stereocenters. The minimum absolute atomic E-state index is 0.121. The first kappa shape index (κ1) is 74.0. The maximum absolute atomic E-state index is 12.9. The van der Waals surface area contributed by atoms with Crippen molar-refractivity contribution in [2.75, 3.05) is 13.2 Å². The Morgan fingerprint density at radius 3 is 0.848 bits per heavy atom. The summed E-state index contributed by atoms with van der Waals surface area (Å²) in [7, 11) is 0. The first-order chi connectivity index (χ1) is 39.0. The molecule has 0 aromatic carbocycles. The fourth-order valence-corrected chi connectivity index (χ4v) is 8.28. The van der Waals surface area contributed by atoms with Crippen LogP contribution in [-0.2, 0) is 28.6 Å². The van der Waals surface area contributed by atoms with Crippen molar-refractivity contribution in [2.45, 2.75) is 271 Å². The number of rotatable bonds is 56. The van der Waals surface area contributed by atoms with Gasteiger partial charge in [-0.25, -0.2) is 0 Å². The Bertz CT molecular complexity index is 1780. The lowest BCUT2D eigenvalue weighted by Gasteiger charge is -2.18. The molecule has 0 heterocycles. The molecular weight excluding hydrogens is 973 g/mol. The quantitative estimate of drug-likeness (QED) is 0.0261. The van der Waals surface area contributed by atoms with Crippen LogP contribution in [0.25, 0.3) is 0 Å². The van der Waals surface area contributed by atoms with Gasteiger partial charge in [-0.3, -0.25) is 14.4 Å². The standard InChI is InChI=1S/C73H116O6/c1-4-7-10-13-16-19-22-25-28-31-33-35-36-38-39-42-45-48-51-54-57-60-63-66-72(75)78-69-70(68-77-71(74)65-62-59-56-53-50-47-44-41-30-27-24-21-18-15-12-9-6-3)79-73(76)67-64-61-58-55-52-49-46-43-40-37-34-32-29-26-23-20-17-14-11-8-5-2/h8-9,11-12,17-18,20-22,25-27,29-31,33-34,37,43-44,46-47,52-53,55-56,70H,4-7,10,13-16,19,23-24,28,32,35-36,38-42,45,48-51,54,57-69H2,1-3H3/b11-8-,12-9-,20-17-,21-18-,25-22-,29-26-,30-27-,33-31-,37-34-,46-43-,47-44-,55-52-,56-53-. The predicted molar refractivity (Wildman–Crippen MR) is 343 cm³/mol. The highest BCUT2D eigenvalue weighted by Crippen LogP contribution is 2.14. The zero-order valence-corrected chi connectivity index (χ0v) is 50.8. The summed E-state index contributed by atoms with van der Waals surface area (Å²) in [5.74, 6) is -1.03. The summed E-state index contributed by atoms with van der Waals surface area (Å²) in [6.45, 7) is 6.32. The molecule has 79 heavy (non-hydrogen) atoms. The SMILES string of the molecule is CC/C=C\C/C=C\C/C=C\C/C=C\C/C=C\C/C=C\CCCCC(=O)OC(COC(=O)CCC/C=C\C/C=C\C/C=C\C/C=C\C/C=C\CC)COC(=O)CCCCCCCCCCCCC/C=C\C/C=C\CCCCCCC. The molecule has 0 aromatic heterocycles. The van der Waals surface area contributed by atoms with Crippen molar-refractivity contribution in [3.05, 3.63) is 158 Å². The molecule has 6 heteroatoms. The van der Waals surface area contributed by atoms with Crippen molar-refractivity contribution >= 4 is 17.9 Å². The van der Waals surface area contributed by atoms with Crippen LogP contribution in [-0.4, -0.2) is 37.2 Å². The summed E-state index contributed by atoms with van der Waals surface area (Å²) in [6.07, 6.45) is 95.4. The van der Waals surface area contributed by atoms with E-state index in [0.717, 1.165) is 116 Å². The van der Waals surface area contributed by atoms with Crippen molar-refractivity contribution in [1.29, 1.82) is 0 Å². The largest absolute Gasteiger partial charge is 0.462 e. The number of esters is 3. The lowest BCUT2D eigenvalue weighted by atomic mass is 10.0. The van der Waals surface area contributed by atoms with Crippen LogP contribution in [0.15, 0.2) is 158 Å². The first-order valence-corrected chi connectivity index (χ1v) is 32.0. The molecule has 6 nitrogen and oxygen atoms in total. The molecule has 0 saturated carbocycles. The normalized spacial score (nSPS) is 13.2. The minimum atomic E-state index is -0.835. The summed E-state index contributed by atoms with van der Waals surface area (Å²) in [5, 5.41) is 0. The summed E-state index contributed by atoms with van der Waals surface area (Å²) < 4.78 is 16.8. The second-order valence-electron chi connectivity index (χ2n) is 20.5. The van der Waals surface area contributed by atoms with Gasteiger partial charge >= 0.3 is 17.9 Å². The molecule has 0 N–H and O–H groups in total. The zero-order valence-electron chi connectivity index (χ0n) is 50.8. The van der Waals surface area contributed by atoms with Gasteiger partial charge < -0.3 is 14.2 Å². The van der Waals surface area contributed by atoms with E-state index < -0.39 is 6.10 Å². The van der Waals surface area contributed by atoms with E-state index in [4.69, 9.17) is 14.2 Å². The van der Waals surface area contributed by atoms with Gasteiger partial charge in [-0.15, -0.1) is 0 Å². The molecule has 444 valence electrons. The summed E-state index contributed by atoms with van der Waals surface area (Å²) in [4.78, 5) is 38.3. The third kappa shape index (κ3) is 63.7. The van der Waals surface area contributed by atoms with Crippen LogP contribution in [0.2, 0.25) is 0 Å². The highest BCUT2D eigenvalue weighted by Gasteiger charge is 2.19. The average molecular weight is 1090 g/mol. The summed E-state index contributed by atoms with van der Waals surface area (Å²) >= 11 is 0. The number of unbranched alkanes of at least 4 members (excludes halogenated alkanes) is 19. The number of allylic oxidation sites excluding steroid dienone is 26. The van der Waals surface area contributed by atoms with Gasteiger partial charge in [-0.05, 0) is 141 Å². The molecular formula is C73H116O6. The Morgan fingerprint density at radius 2 is 0.506 bits per heavy atom. The molecule has 0 rings (SSSR count). The molecule has 0 aliphatic rings. The van der Waals surface area contributed by atoms with Crippen molar-refractivity contribution < 1.29 is 28.6 Å². The molecule has 0 spiro atoms. The van der Waals surface area contributed by atoms with Crippen LogP contribution in [0, 0.1) is 0 Å². The molecule has 0 aliphatic heterocycles. The van der Waals surface area contributed by atoms with Crippen molar-refractivity contribution in [1.82, 2.24) is 0 Å². The van der Waals surface area contributed by atoms with Gasteiger partial charge in [0.05, 0.1) is 0 Å². The van der Waals surface area contributed by atoms with E-state index in [2.05, 4.69) is 179 Å². The number of hydrogen-bond donors (Lipinski definition) is 0. The second kappa shape index (κ2) is 65.5. The summed E-state index contributed by atoms with van der Waals surface area (Å²) in [6, 6.07) is 0. The van der Waals surface area contributed by atoms with E-state index in [1.807, 2.05) is 0 Å². The van der Waals surface area contributed by atoms with Crippen molar-refractivity contribution in [2.24, 2.45) is 0 Å². The van der Waals surface area contributed by atoms with Crippen LogP contribution in [0.3, 0.4) is 0 Å². The second-order valence-corrected chi connectivity index (χ2v) is 20.5. The Kier molecular flexibility index (Phi) is 61.4. The number of ether oxygens (including phenoxy) is 3. The number of carbonyl (C=O) groups excluding carboxylic acids is 3. The lowest BCUT2D eigenvalue weighted by molar-refractivity contribution is -0.167. The fraction of sp³-hybridized carbons (Fsp3) is 0.603. The van der Waals surface area contributed by atoms with E-state index >= 15 is 0 Å². The zero-order chi connectivity index (χ0) is 57.1. The summed E-state index contributed by atoms with van der Waals surface area (Å²) in [5.41, 5.74) is 0. The smallest absolute Gasteiger partial charge is 0.306 e. The molecule has 0 aliphatic carbocycles. The van der Waals surface area contributed by atoms with Crippen LogP contribution < -0.4 is 0 Å². The Balaban J connectivity index is 4.54. The van der Waals surface area contributed by atoms with Gasteiger partial charge in [0.1, 0.15) is 13.2 Å². The van der Waals surface area contributed by atoms with Gasteiger partial charge in [0.25, 0.3) is 0 Å². The Morgan fingerprint density at radius 1 is 0.266 bits per heavy atom.